The molecule has 2 heterocycles. The number of anilines is 1. The summed E-state index contributed by atoms with van der Waals surface area (Å²) in [6.45, 7) is 3.68. The van der Waals surface area contributed by atoms with Crippen molar-refractivity contribution in [2.45, 2.75) is 19.9 Å². The lowest BCUT2D eigenvalue weighted by atomic mass is 9.95. The van der Waals surface area contributed by atoms with Gasteiger partial charge in [-0.3, -0.25) is 9.36 Å². The fourth-order valence-electron chi connectivity index (χ4n) is 3.90. The Hall–Kier alpha value is -2.88. The Kier molecular flexibility index (Phi) is 7.21. The van der Waals surface area contributed by atoms with E-state index in [-0.39, 0.29) is 17.9 Å². The number of nitrogens with zero attached hydrogens (tertiary/aromatic N) is 3. The van der Waals surface area contributed by atoms with Crippen molar-refractivity contribution in [1.29, 1.82) is 0 Å². The lowest BCUT2D eigenvalue weighted by Crippen LogP contribution is -2.39. The van der Waals surface area contributed by atoms with Gasteiger partial charge in [-0.05, 0) is 65.7 Å². The maximum Gasteiger partial charge on any atom is 0.338 e. The molecular formula is C25H23BrClN3O4S. The molecule has 0 amide bonds. The van der Waals surface area contributed by atoms with E-state index in [2.05, 4.69) is 20.9 Å². The van der Waals surface area contributed by atoms with Crippen molar-refractivity contribution >= 4 is 56.6 Å². The van der Waals surface area contributed by atoms with Gasteiger partial charge in [0.2, 0.25) is 0 Å². The molecule has 0 unspecified atom stereocenters. The van der Waals surface area contributed by atoms with Gasteiger partial charge in [-0.15, -0.1) is 0 Å². The molecule has 0 radical (unpaired) electrons. The SMILES string of the molecule is CCOC(=O)C1=C(C)N=c2s/c(=C\c3cc(Cl)cc(Br)c3O)c(=O)n2[C@H]1c1ccc(N(C)C)cc1. The van der Waals surface area contributed by atoms with Crippen LogP contribution in [0, 0.1) is 0 Å². The van der Waals surface area contributed by atoms with Gasteiger partial charge in [-0.2, -0.15) is 0 Å². The first-order valence-electron chi connectivity index (χ1n) is 10.8. The predicted octanol–water partition coefficient (Wildman–Crippen LogP) is 3.99. The topological polar surface area (TPSA) is 84.1 Å². The zero-order valence-corrected chi connectivity index (χ0v) is 22.7. The fraction of sp³-hybridized carbons (Fsp3) is 0.240. The summed E-state index contributed by atoms with van der Waals surface area (Å²) < 4.78 is 7.61. The number of carbonyl (C=O) groups excluding carboxylic acids is 1. The van der Waals surface area contributed by atoms with Crippen molar-refractivity contribution in [2.24, 2.45) is 4.99 Å². The number of esters is 1. The molecular weight excluding hydrogens is 554 g/mol. The number of carbonyl (C=O) groups is 1. The minimum absolute atomic E-state index is 0.0283. The third-order valence-corrected chi connectivity index (χ3v) is 7.39. The van der Waals surface area contributed by atoms with Crippen LogP contribution in [0.2, 0.25) is 5.02 Å². The van der Waals surface area contributed by atoms with Gasteiger partial charge in [-0.25, -0.2) is 9.79 Å². The number of benzene rings is 2. The number of fused-ring (bicyclic) bond motifs is 1. The Labute approximate surface area is 219 Å². The highest BCUT2D eigenvalue weighted by molar-refractivity contribution is 9.10. The molecule has 10 heteroatoms. The van der Waals surface area contributed by atoms with Crippen molar-refractivity contribution in [3.8, 4) is 5.75 Å². The molecule has 4 rings (SSSR count). The molecule has 1 aliphatic rings. The van der Waals surface area contributed by atoms with Crippen molar-refractivity contribution in [2.75, 3.05) is 25.6 Å². The molecule has 0 bridgehead atoms. The van der Waals surface area contributed by atoms with E-state index >= 15 is 0 Å². The summed E-state index contributed by atoms with van der Waals surface area (Å²) in [5, 5.41) is 10.9. The van der Waals surface area contributed by atoms with E-state index in [0.29, 0.717) is 35.7 Å². The lowest BCUT2D eigenvalue weighted by Gasteiger charge is -2.25. The van der Waals surface area contributed by atoms with Crippen LogP contribution in [0.4, 0.5) is 5.69 Å². The first-order valence-corrected chi connectivity index (χ1v) is 12.8. The number of rotatable bonds is 5. The van der Waals surface area contributed by atoms with E-state index in [9.17, 15) is 14.7 Å². The number of hydrogen-bond acceptors (Lipinski definition) is 7. The highest BCUT2D eigenvalue weighted by Crippen LogP contribution is 2.33. The molecule has 7 nitrogen and oxygen atoms in total. The van der Waals surface area contributed by atoms with Crippen LogP contribution in [0.3, 0.4) is 0 Å². The third-order valence-electron chi connectivity index (χ3n) is 5.59. The lowest BCUT2D eigenvalue weighted by molar-refractivity contribution is -0.139. The predicted molar refractivity (Wildman–Crippen MR) is 142 cm³/mol. The highest BCUT2D eigenvalue weighted by atomic mass is 79.9. The molecule has 0 spiro atoms. The second-order valence-corrected chi connectivity index (χ2v) is 10.4. The fourth-order valence-corrected chi connectivity index (χ4v) is 5.77. The second kappa shape index (κ2) is 10.0. The molecule has 2 aromatic carbocycles. The van der Waals surface area contributed by atoms with Crippen molar-refractivity contribution in [1.82, 2.24) is 4.57 Å². The third kappa shape index (κ3) is 4.80. The molecule has 0 aliphatic carbocycles. The number of halogens is 2. The summed E-state index contributed by atoms with van der Waals surface area (Å²) in [6, 6.07) is 10.1. The minimum atomic E-state index is -0.705. The molecule has 1 atom stereocenters. The quantitative estimate of drug-likeness (QED) is 0.465. The molecule has 3 aromatic rings. The Balaban J connectivity index is 1.96. The van der Waals surface area contributed by atoms with E-state index < -0.39 is 12.0 Å². The summed E-state index contributed by atoms with van der Waals surface area (Å²) in [4.78, 5) is 33.6. The normalized spacial score (nSPS) is 15.6. The minimum Gasteiger partial charge on any atom is -0.506 e. The average Bonchev–Trinajstić information content (AvgIpc) is 3.10. The maximum atomic E-state index is 13.7. The number of hydrogen-bond donors (Lipinski definition) is 1. The number of allylic oxidation sites excluding steroid dienone is 1. The summed E-state index contributed by atoms with van der Waals surface area (Å²) in [5.41, 5.74) is 2.61. The van der Waals surface area contributed by atoms with Gasteiger partial charge in [0, 0.05) is 30.4 Å². The van der Waals surface area contributed by atoms with Gasteiger partial charge in [0.05, 0.1) is 32.9 Å². The summed E-state index contributed by atoms with van der Waals surface area (Å²) in [5.74, 6) is -0.541. The first-order chi connectivity index (χ1) is 16.6. The van der Waals surface area contributed by atoms with Crippen LogP contribution in [-0.4, -0.2) is 36.3 Å². The monoisotopic (exact) mass is 575 g/mol. The van der Waals surface area contributed by atoms with Gasteiger partial charge < -0.3 is 14.7 Å². The number of phenolic OH excluding ortho intramolecular Hbond substituents is 1. The smallest absolute Gasteiger partial charge is 0.338 e. The van der Waals surface area contributed by atoms with Gasteiger partial charge in [-0.1, -0.05) is 35.1 Å². The maximum absolute atomic E-state index is 13.7. The van der Waals surface area contributed by atoms with E-state index in [1.807, 2.05) is 43.3 Å². The van der Waals surface area contributed by atoms with Gasteiger partial charge in [0.1, 0.15) is 5.75 Å². The van der Waals surface area contributed by atoms with Crippen LogP contribution in [0.15, 0.2) is 61.9 Å². The van der Waals surface area contributed by atoms with E-state index in [1.54, 1.807) is 32.1 Å². The Morgan fingerprint density at radius 1 is 1.31 bits per heavy atom. The molecule has 1 aliphatic heterocycles. The Morgan fingerprint density at radius 3 is 2.63 bits per heavy atom. The number of ether oxygens (including phenoxy) is 1. The van der Waals surface area contributed by atoms with Gasteiger partial charge >= 0.3 is 5.97 Å². The van der Waals surface area contributed by atoms with E-state index in [0.717, 1.165) is 11.3 Å². The second-order valence-electron chi connectivity index (χ2n) is 8.11. The zero-order chi connectivity index (χ0) is 25.4. The standard InChI is InChI=1S/C25H23BrClN3O4S/c1-5-34-24(33)20-13(2)28-25-30(21(20)14-6-8-17(9-7-14)29(3)4)23(32)19(35-25)11-15-10-16(27)12-18(26)22(15)31/h6-12,21,31H,5H2,1-4H3/b19-11-/t21-/m0/s1. The van der Waals surface area contributed by atoms with Crippen LogP contribution in [0.1, 0.15) is 31.0 Å². The first kappa shape index (κ1) is 25.2. The van der Waals surface area contributed by atoms with E-state index in [4.69, 9.17) is 16.3 Å². The zero-order valence-electron chi connectivity index (χ0n) is 19.5. The van der Waals surface area contributed by atoms with Gasteiger partial charge in [0.15, 0.2) is 4.80 Å². The molecule has 1 N–H and O–H groups in total. The number of aromatic nitrogens is 1. The largest absolute Gasteiger partial charge is 0.506 e. The summed E-state index contributed by atoms with van der Waals surface area (Å²) in [7, 11) is 3.88. The molecule has 0 saturated heterocycles. The molecule has 0 fully saturated rings. The molecule has 0 saturated carbocycles. The van der Waals surface area contributed by atoms with Crippen molar-refractivity contribution < 1.29 is 14.6 Å². The summed E-state index contributed by atoms with van der Waals surface area (Å²) in [6.07, 6.45) is 1.57. The molecule has 35 heavy (non-hydrogen) atoms. The molecule has 1 aromatic heterocycles. The molecule has 182 valence electrons. The van der Waals surface area contributed by atoms with Crippen molar-refractivity contribution in [3.63, 3.8) is 0 Å². The van der Waals surface area contributed by atoms with Gasteiger partial charge in [0.25, 0.3) is 5.56 Å². The van der Waals surface area contributed by atoms with Crippen LogP contribution in [-0.2, 0) is 9.53 Å². The van der Waals surface area contributed by atoms with Crippen molar-refractivity contribution in [3.05, 3.63) is 88.0 Å². The van der Waals surface area contributed by atoms with Crippen LogP contribution in [0.25, 0.3) is 6.08 Å². The van der Waals surface area contributed by atoms with Crippen LogP contribution in [0.5, 0.6) is 5.75 Å². The summed E-state index contributed by atoms with van der Waals surface area (Å²) >= 11 is 10.6. The Morgan fingerprint density at radius 2 is 2.00 bits per heavy atom. The number of thiazole rings is 1. The average molecular weight is 577 g/mol. The van der Waals surface area contributed by atoms with Crippen LogP contribution >= 0.6 is 38.9 Å². The van der Waals surface area contributed by atoms with Crippen LogP contribution < -0.4 is 19.8 Å². The Bertz CT molecular complexity index is 1520. The number of aromatic hydroxyl groups is 1. The number of phenols is 1. The van der Waals surface area contributed by atoms with E-state index in [1.165, 1.54) is 15.9 Å². The highest BCUT2D eigenvalue weighted by Gasteiger charge is 2.33.